The molecule has 0 unspecified atom stereocenters. The van der Waals surface area contributed by atoms with Gasteiger partial charge in [-0.15, -0.1) is 0 Å². The number of allylic oxidation sites excluding steroid dienone is 7. The van der Waals surface area contributed by atoms with Gasteiger partial charge in [-0.3, -0.25) is 4.55 Å². The topological polar surface area (TPSA) is 72.7 Å². The van der Waals surface area contributed by atoms with Crippen molar-refractivity contribution in [2.45, 2.75) is 57.8 Å². The van der Waals surface area contributed by atoms with Crippen LogP contribution in [0.4, 0.5) is 11.4 Å². The molecule has 6 nitrogen and oxygen atoms in total. The average Bonchev–Trinajstić information content (AvgIpc) is 3.34. The molecule has 0 fully saturated rings. The van der Waals surface area contributed by atoms with Crippen molar-refractivity contribution in [1.29, 1.82) is 0 Å². The van der Waals surface area contributed by atoms with E-state index < -0.39 is 10.1 Å². The molecule has 0 saturated carbocycles. The van der Waals surface area contributed by atoms with Crippen LogP contribution in [-0.2, 0) is 20.9 Å². The Labute approximate surface area is 284 Å². The fourth-order valence-electron chi connectivity index (χ4n) is 6.72. The van der Waals surface area contributed by atoms with E-state index in [1.54, 1.807) is 0 Å². The maximum Gasteiger partial charge on any atom is 0.266 e. The van der Waals surface area contributed by atoms with Gasteiger partial charge in [-0.1, -0.05) is 94.3 Å². The summed E-state index contributed by atoms with van der Waals surface area (Å²) in [5.74, 6) is -0.364. The first kappa shape index (κ1) is 33.4. The van der Waals surface area contributed by atoms with Crippen molar-refractivity contribution in [2.75, 3.05) is 17.2 Å². The van der Waals surface area contributed by atoms with E-state index in [9.17, 15) is 13.0 Å². The van der Waals surface area contributed by atoms with Gasteiger partial charge in [0.1, 0.15) is 0 Å². The van der Waals surface area contributed by atoms with Crippen molar-refractivity contribution in [1.82, 2.24) is 5.32 Å². The highest BCUT2D eigenvalue weighted by Crippen LogP contribution is 2.48. The van der Waals surface area contributed by atoms with E-state index in [0.29, 0.717) is 0 Å². The van der Waals surface area contributed by atoms with Crippen LogP contribution in [0.3, 0.4) is 0 Å². The van der Waals surface area contributed by atoms with Gasteiger partial charge in [0.05, 0.1) is 11.2 Å². The van der Waals surface area contributed by atoms with Gasteiger partial charge in [0.2, 0.25) is 5.69 Å². The second-order valence-electron chi connectivity index (χ2n) is 12.5. The number of fused-ring (bicyclic) bond motifs is 2. The predicted molar refractivity (Wildman–Crippen MR) is 193 cm³/mol. The zero-order valence-corrected chi connectivity index (χ0v) is 30.1. The molecule has 0 radical (unpaired) electrons. The Bertz CT molecular complexity index is 1810. The van der Waals surface area contributed by atoms with E-state index in [0.717, 1.165) is 58.9 Å². The number of nitrogens with zero attached hydrogens (tertiary/aromatic N) is 2. The number of nitrogens with one attached hydrogen (secondary N) is 1. The van der Waals surface area contributed by atoms with Crippen LogP contribution in [-0.4, -0.2) is 35.6 Å². The molecule has 0 spiro atoms. The average molecular weight is 755 g/mol. The first-order valence-electron chi connectivity index (χ1n) is 15.1. The van der Waals surface area contributed by atoms with Gasteiger partial charge in [0.15, 0.2) is 11.9 Å². The quantitative estimate of drug-likeness (QED) is 0.198. The first-order valence-corrected chi connectivity index (χ1v) is 18.5. The van der Waals surface area contributed by atoms with Gasteiger partial charge in [-0.05, 0) is 66.9 Å². The number of halogens is 2. The molecular formula is C36H40Br2N3O3S+. The van der Waals surface area contributed by atoms with Crippen LogP contribution in [0.25, 0.3) is 0 Å². The number of para-hydroxylation sites is 2. The van der Waals surface area contributed by atoms with E-state index in [-0.39, 0.29) is 23.1 Å². The summed E-state index contributed by atoms with van der Waals surface area (Å²) in [5, 5.41) is 3.39. The highest BCUT2D eigenvalue weighted by atomic mass is 79.9. The molecule has 2 aromatic rings. The lowest BCUT2D eigenvalue weighted by atomic mass is 9.81. The summed E-state index contributed by atoms with van der Waals surface area (Å²) in [7, 11) is -4.11. The van der Waals surface area contributed by atoms with Gasteiger partial charge in [-0.25, -0.2) is 0 Å². The molecular weight excluding hydrogens is 714 g/mol. The minimum Gasteiger partial charge on any atom is -0.383 e. The van der Waals surface area contributed by atoms with E-state index in [2.05, 4.69) is 147 Å². The zero-order valence-electron chi connectivity index (χ0n) is 26.1. The monoisotopic (exact) mass is 752 g/mol. The summed E-state index contributed by atoms with van der Waals surface area (Å²) in [5.41, 5.74) is 9.80. The molecule has 2 aromatic carbocycles. The highest BCUT2D eigenvalue weighted by Gasteiger charge is 2.43. The maximum absolute atomic E-state index is 11.6. The zero-order chi connectivity index (χ0) is 32.4. The van der Waals surface area contributed by atoms with Gasteiger partial charge in [0.25, 0.3) is 10.1 Å². The molecule has 2 heterocycles. The largest absolute Gasteiger partial charge is 0.383 e. The van der Waals surface area contributed by atoms with E-state index >= 15 is 0 Å². The third-order valence-corrected chi connectivity index (χ3v) is 10.2. The molecule has 3 aliphatic rings. The number of anilines is 1. The fourth-order valence-corrected chi connectivity index (χ4v) is 7.56. The van der Waals surface area contributed by atoms with Gasteiger partial charge >= 0.3 is 0 Å². The smallest absolute Gasteiger partial charge is 0.266 e. The molecule has 236 valence electrons. The Morgan fingerprint density at radius 1 is 0.933 bits per heavy atom. The fraction of sp³-hybridized carbons (Fsp3) is 0.306. The highest BCUT2D eigenvalue weighted by molar-refractivity contribution is 9.11. The van der Waals surface area contributed by atoms with Crippen LogP contribution in [0.2, 0.25) is 0 Å². The Hall–Kier alpha value is -2.98. The van der Waals surface area contributed by atoms with Crippen LogP contribution in [0.5, 0.6) is 0 Å². The summed E-state index contributed by atoms with van der Waals surface area (Å²) in [6.45, 7) is 9.06. The molecule has 2 N–H and O–H groups in total. The molecule has 1 aliphatic carbocycles. The molecule has 9 heteroatoms. The Kier molecular flexibility index (Phi) is 9.94. The number of rotatable bonds is 9. The van der Waals surface area contributed by atoms with Crippen LogP contribution in [0.1, 0.15) is 58.1 Å². The molecule has 0 bridgehead atoms. The van der Waals surface area contributed by atoms with Crippen LogP contribution in [0, 0.1) is 0 Å². The van der Waals surface area contributed by atoms with Crippen molar-refractivity contribution >= 4 is 59.1 Å². The summed E-state index contributed by atoms with van der Waals surface area (Å²) in [4.78, 5) is 5.95. The molecule has 5 rings (SSSR count). The third-order valence-electron chi connectivity index (χ3n) is 8.97. The Balaban J connectivity index is 1.59. The normalized spacial score (nSPS) is 21.3. The SMILES string of the molecule is CC1(C)C(/C=C/C2=C(NCCS(=O)(=O)O)C(=C/C=C3/N(/C=C/Br)c4ccccc4C3(C)C)/CCC2)=[N+](/C=C/Br)c2ccccc21. The molecule has 0 saturated heterocycles. The predicted octanol–water partition coefficient (Wildman–Crippen LogP) is 8.87. The van der Waals surface area contributed by atoms with Gasteiger partial charge in [0, 0.05) is 57.9 Å². The lowest BCUT2D eigenvalue weighted by Crippen LogP contribution is -2.27. The summed E-state index contributed by atoms with van der Waals surface area (Å²) in [6, 6.07) is 16.9. The van der Waals surface area contributed by atoms with Crippen molar-refractivity contribution in [2.24, 2.45) is 0 Å². The molecule has 0 amide bonds. The lowest BCUT2D eigenvalue weighted by molar-refractivity contribution is -0.356. The summed E-state index contributed by atoms with van der Waals surface area (Å²) in [6.07, 6.45) is 15.4. The van der Waals surface area contributed by atoms with Crippen LogP contribution < -0.4 is 10.2 Å². The standard InChI is InChI=1S/C36H39Br2N3O3S/c1-35(2)28-12-5-7-14-30(28)40(23-20-37)32(35)18-16-26-10-9-11-27(34(26)39-22-25-45(42,43)44)17-19-33-36(3,4)29-13-6-8-15-31(29)41(33)24-21-38/h5-8,12-21,23-24H,9-11,22,25H2,1-4H3,(H,42,43,44)/p+1/b23-20+,24-21+,26-16+,32-18+. The molecule has 0 aromatic heterocycles. The second kappa shape index (κ2) is 13.4. The van der Waals surface area contributed by atoms with Crippen molar-refractivity contribution in [3.05, 3.63) is 129 Å². The number of hydrogen-bond donors (Lipinski definition) is 2. The van der Waals surface area contributed by atoms with Crippen LogP contribution >= 0.6 is 31.9 Å². The first-order chi connectivity index (χ1) is 21.4. The third kappa shape index (κ3) is 6.77. The van der Waals surface area contributed by atoms with Gasteiger partial charge < -0.3 is 10.2 Å². The Morgan fingerprint density at radius 2 is 1.64 bits per heavy atom. The van der Waals surface area contributed by atoms with E-state index in [1.165, 1.54) is 11.1 Å². The lowest BCUT2D eigenvalue weighted by Gasteiger charge is -2.26. The maximum atomic E-state index is 11.6. The summed E-state index contributed by atoms with van der Waals surface area (Å²) < 4.78 is 34.9. The number of hydrogen-bond acceptors (Lipinski definition) is 4. The second-order valence-corrected chi connectivity index (χ2v) is 15.1. The van der Waals surface area contributed by atoms with Crippen molar-refractivity contribution < 1.29 is 17.5 Å². The minimum atomic E-state index is -4.11. The van der Waals surface area contributed by atoms with Crippen molar-refractivity contribution in [3.8, 4) is 0 Å². The van der Waals surface area contributed by atoms with E-state index in [4.69, 9.17) is 0 Å². The minimum absolute atomic E-state index is 0.112. The number of benzene rings is 2. The van der Waals surface area contributed by atoms with E-state index in [1.807, 2.05) is 22.4 Å². The van der Waals surface area contributed by atoms with Crippen molar-refractivity contribution in [3.63, 3.8) is 0 Å². The molecule has 45 heavy (non-hydrogen) atoms. The Morgan fingerprint density at radius 3 is 2.36 bits per heavy atom. The molecule has 2 aliphatic heterocycles. The summed E-state index contributed by atoms with van der Waals surface area (Å²) >= 11 is 6.94. The van der Waals surface area contributed by atoms with Crippen LogP contribution in [0.15, 0.2) is 118 Å². The molecule has 0 atom stereocenters. The van der Waals surface area contributed by atoms with Gasteiger partial charge in [-0.2, -0.15) is 13.0 Å².